The van der Waals surface area contributed by atoms with Crippen LogP contribution in [0.3, 0.4) is 0 Å². The first-order chi connectivity index (χ1) is 8.45. The molecule has 2 radical (unpaired) electrons. The maximum absolute atomic E-state index is 2.51. The lowest BCUT2D eigenvalue weighted by molar-refractivity contribution is 0.861. The Kier molecular flexibility index (Phi) is 3.81. The summed E-state index contributed by atoms with van der Waals surface area (Å²) < 4.78 is 0. The lowest BCUT2D eigenvalue weighted by Gasteiger charge is -2.30. The van der Waals surface area contributed by atoms with E-state index in [2.05, 4.69) is 43.2 Å². The van der Waals surface area contributed by atoms with Gasteiger partial charge in [-0.05, 0) is 55.1 Å². The average molecular weight is 244 g/mol. The second kappa shape index (κ2) is 5.53. The van der Waals surface area contributed by atoms with Gasteiger partial charge >= 0.3 is 0 Å². The Hall–Kier alpha value is -0.350. The van der Waals surface area contributed by atoms with Crippen molar-refractivity contribution in [3.63, 3.8) is 0 Å². The van der Waals surface area contributed by atoms with E-state index < -0.39 is 0 Å². The lowest BCUT2D eigenvalue weighted by Crippen LogP contribution is -2.19. The summed E-state index contributed by atoms with van der Waals surface area (Å²) in [5, 5.41) is 1.64. The Bertz CT molecular complexity index is 318. The van der Waals surface area contributed by atoms with Crippen molar-refractivity contribution in [2.45, 2.75) is 49.8 Å². The highest BCUT2D eigenvalue weighted by atomic mass is 31.1. The molecule has 0 amide bonds. The summed E-state index contributed by atoms with van der Waals surface area (Å²) in [5.74, 6) is 0. The molecule has 0 N–H and O–H groups in total. The van der Waals surface area contributed by atoms with E-state index in [-0.39, 0.29) is 7.92 Å². The van der Waals surface area contributed by atoms with Gasteiger partial charge in [0.15, 0.2) is 0 Å². The van der Waals surface area contributed by atoms with Crippen molar-refractivity contribution in [3.05, 3.63) is 43.2 Å². The van der Waals surface area contributed by atoms with E-state index in [0.717, 1.165) is 11.3 Å². The molecule has 1 aromatic rings. The fourth-order valence-electron chi connectivity index (χ4n) is 3.30. The Morgan fingerprint density at radius 1 is 0.941 bits per heavy atom. The molecule has 2 fully saturated rings. The van der Waals surface area contributed by atoms with Gasteiger partial charge in [0, 0.05) is 0 Å². The summed E-state index contributed by atoms with van der Waals surface area (Å²) in [5.41, 5.74) is 1.87. The highest BCUT2D eigenvalue weighted by Crippen LogP contribution is 2.55. The molecule has 1 heteroatoms. The van der Waals surface area contributed by atoms with Crippen molar-refractivity contribution in [2.24, 2.45) is 0 Å². The van der Waals surface area contributed by atoms with E-state index >= 15 is 0 Å². The fourth-order valence-corrected chi connectivity index (χ4v) is 6.82. The zero-order valence-corrected chi connectivity index (χ0v) is 11.3. The molecule has 0 spiro atoms. The third-order valence-electron chi connectivity index (χ3n) is 4.12. The van der Waals surface area contributed by atoms with Crippen molar-refractivity contribution in [1.82, 2.24) is 0 Å². The molecular formula is C16H21P. The van der Waals surface area contributed by atoms with Crippen molar-refractivity contribution >= 4 is 13.2 Å². The van der Waals surface area contributed by atoms with Crippen molar-refractivity contribution in [3.8, 4) is 0 Å². The molecule has 0 aliphatic heterocycles. The third-order valence-corrected chi connectivity index (χ3v) is 7.46. The molecule has 1 aromatic carbocycles. The molecule has 2 aliphatic rings. The first-order valence-corrected chi connectivity index (χ1v) is 8.43. The molecule has 0 nitrogen and oxygen atoms in total. The number of rotatable bonds is 3. The normalized spacial score (nSPS) is 22.6. The number of hydrogen-bond acceptors (Lipinski definition) is 0. The predicted octanol–water partition coefficient (Wildman–Crippen LogP) is 4.31. The van der Waals surface area contributed by atoms with Crippen LogP contribution in [0.1, 0.15) is 38.5 Å². The molecule has 0 bridgehead atoms. The van der Waals surface area contributed by atoms with E-state index in [1.807, 2.05) is 0 Å². The summed E-state index contributed by atoms with van der Waals surface area (Å²) in [6, 6.07) is 11.3. The van der Waals surface area contributed by atoms with Crippen molar-refractivity contribution < 1.29 is 0 Å². The van der Waals surface area contributed by atoms with Gasteiger partial charge in [-0.2, -0.15) is 0 Å². The second-order valence-electron chi connectivity index (χ2n) is 5.25. The summed E-state index contributed by atoms with van der Waals surface area (Å²) in [7, 11) is 0.0552. The van der Waals surface area contributed by atoms with Crippen LogP contribution in [0, 0.1) is 12.8 Å². The molecule has 0 aromatic heterocycles. The number of hydrogen-bond donors (Lipinski definition) is 0. The van der Waals surface area contributed by atoms with E-state index in [0.29, 0.717) is 0 Å². The second-order valence-corrected chi connectivity index (χ2v) is 7.98. The van der Waals surface area contributed by atoms with E-state index in [1.165, 1.54) is 38.5 Å². The molecule has 3 rings (SSSR count). The van der Waals surface area contributed by atoms with Crippen LogP contribution in [0.15, 0.2) is 30.3 Å². The Morgan fingerprint density at radius 2 is 1.71 bits per heavy atom. The maximum Gasteiger partial charge on any atom is -0.0132 e. The molecular weight excluding hydrogens is 223 g/mol. The Balaban J connectivity index is 1.84. The molecule has 2 atom stereocenters. The van der Waals surface area contributed by atoms with Crippen molar-refractivity contribution in [1.29, 1.82) is 0 Å². The topological polar surface area (TPSA) is 0 Å². The van der Waals surface area contributed by atoms with Crippen LogP contribution in [-0.4, -0.2) is 11.3 Å². The molecule has 2 saturated carbocycles. The van der Waals surface area contributed by atoms with Gasteiger partial charge < -0.3 is 0 Å². The van der Waals surface area contributed by atoms with Gasteiger partial charge in [-0.25, -0.2) is 0 Å². The molecule has 2 unspecified atom stereocenters. The van der Waals surface area contributed by atoms with Crippen LogP contribution in [-0.2, 0) is 0 Å². The summed E-state index contributed by atoms with van der Waals surface area (Å²) in [6.07, 6.45) is 13.5. The maximum atomic E-state index is 2.51. The van der Waals surface area contributed by atoms with E-state index in [1.54, 1.807) is 5.30 Å². The van der Waals surface area contributed by atoms with Crippen LogP contribution in [0.5, 0.6) is 0 Å². The van der Waals surface area contributed by atoms with E-state index in [4.69, 9.17) is 0 Å². The Labute approximate surface area is 107 Å². The largest absolute Gasteiger partial charge is 0.0687 e. The quantitative estimate of drug-likeness (QED) is 0.695. The van der Waals surface area contributed by atoms with Crippen LogP contribution >= 0.6 is 7.92 Å². The highest BCUT2D eigenvalue weighted by molar-refractivity contribution is 7.67. The van der Waals surface area contributed by atoms with Crippen LogP contribution < -0.4 is 5.30 Å². The average Bonchev–Trinajstić information content (AvgIpc) is 3.04. The van der Waals surface area contributed by atoms with Gasteiger partial charge in [-0.15, -0.1) is 0 Å². The highest BCUT2D eigenvalue weighted by Gasteiger charge is 2.33. The van der Waals surface area contributed by atoms with Crippen LogP contribution in [0.25, 0.3) is 0 Å². The standard InChI is InChI=1S/C16H21P/c1-2-8-14(9-3-1)17(15-10-4-5-11-15)16-12-6-7-13-16/h1-4,8-10,15-16H,5-7,11-13H2. The monoisotopic (exact) mass is 244 g/mol. The first kappa shape index (κ1) is 11.7. The van der Waals surface area contributed by atoms with Gasteiger partial charge in [0.05, 0.1) is 0 Å². The molecule has 2 aliphatic carbocycles. The van der Waals surface area contributed by atoms with Gasteiger partial charge in [-0.1, -0.05) is 51.1 Å². The van der Waals surface area contributed by atoms with Crippen LogP contribution in [0.4, 0.5) is 0 Å². The minimum atomic E-state index is 0.0552. The Morgan fingerprint density at radius 3 is 2.35 bits per heavy atom. The number of benzene rings is 1. The van der Waals surface area contributed by atoms with Gasteiger partial charge in [0.1, 0.15) is 0 Å². The summed E-state index contributed by atoms with van der Waals surface area (Å²) >= 11 is 0. The first-order valence-electron chi connectivity index (χ1n) is 6.95. The van der Waals surface area contributed by atoms with Gasteiger partial charge in [0.2, 0.25) is 0 Å². The molecule has 0 heterocycles. The minimum Gasteiger partial charge on any atom is -0.0687 e. The van der Waals surface area contributed by atoms with Gasteiger partial charge in [0.25, 0.3) is 0 Å². The predicted molar refractivity (Wildman–Crippen MR) is 76.9 cm³/mol. The van der Waals surface area contributed by atoms with E-state index in [9.17, 15) is 0 Å². The summed E-state index contributed by atoms with van der Waals surface area (Å²) in [6.45, 7) is 0. The zero-order valence-electron chi connectivity index (χ0n) is 10.4. The fraction of sp³-hybridized carbons (Fsp3) is 0.500. The molecule has 90 valence electrons. The lowest BCUT2D eigenvalue weighted by atomic mass is 10.3. The third kappa shape index (κ3) is 2.58. The summed E-state index contributed by atoms with van der Waals surface area (Å²) in [4.78, 5) is 0. The zero-order chi connectivity index (χ0) is 11.5. The smallest absolute Gasteiger partial charge is 0.0132 e. The SMILES string of the molecule is [CH]1[CH]C(P(c2ccccc2)C2CCCC2)CC1. The van der Waals surface area contributed by atoms with Crippen LogP contribution in [0.2, 0.25) is 0 Å². The van der Waals surface area contributed by atoms with Crippen molar-refractivity contribution in [2.75, 3.05) is 0 Å². The minimum absolute atomic E-state index is 0.0552. The molecule has 17 heavy (non-hydrogen) atoms. The molecule has 0 saturated heterocycles. The van der Waals surface area contributed by atoms with Gasteiger partial charge in [-0.3, -0.25) is 0 Å².